The molecule has 0 aliphatic rings. The van der Waals surface area contributed by atoms with Crippen molar-refractivity contribution in [3.63, 3.8) is 0 Å². The Balaban J connectivity index is 2.43. The topological polar surface area (TPSA) is 150 Å². The summed E-state index contributed by atoms with van der Waals surface area (Å²) in [6.07, 6.45) is 0.545. The van der Waals surface area contributed by atoms with Crippen LogP contribution in [0, 0.1) is 20.2 Å². The van der Waals surface area contributed by atoms with Crippen LogP contribution in [0.25, 0.3) is 0 Å². The Labute approximate surface area is 185 Å². The number of nitro benzene ring substituents is 2. The standard InChI is InChI=1S/C20H23N3O8S/c1-4-14(3)21(13-15-7-6-8-19(9-15)31-32(29,30)5-2)20(24)16-10-17(22(25)26)12-18(11-16)23(27)28/h6-12,14H,4-5,13H2,1-3H3. The number of nitrogens with zero attached hydrogens (tertiary/aromatic N) is 3. The molecule has 1 atom stereocenters. The van der Waals surface area contributed by atoms with Crippen LogP contribution >= 0.6 is 0 Å². The quantitative estimate of drug-likeness (QED) is 0.293. The van der Waals surface area contributed by atoms with Crippen molar-refractivity contribution in [1.29, 1.82) is 0 Å². The molecule has 1 amide bonds. The summed E-state index contributed by atoms with van der Waals surface area (Å²) in [7, 11) is -3.73. The third kappa shape index (κ3) is 6.23. The summed E-state index contributed by atoms with van der Waals surface area (Å²) in [5, 5.41) is 22.3. The van der Waals surface area contributed by atoms with Gasteiger partial charge in [-0.25, -0.2) is 0 Å². The molecule has 0 fully saturated rings. The van der Waals surface area contributed by atoms with Crippen LogP contribution in [0.15, 0.2) is 42.5 Å². The summed E-state index contributed by atoms with van der Waals surface area (Å²) in [4.78, 5) is 35.4. The molecule has 0 aliphatic heterocycles. The first-order chi connectivity index (χ1) is 15.0. The summed E-state index contributed by atoms with van der Waals surface area (Å²) >= 11 is 0. The van der Waals surface area contributed by atoms with E-state index in [1.165, 1.54) is 24.0 Å². The molecule has 0 N–H and O–H groups in total. The summed E-state index contributed by atoms with van der Waals surface area (Å²) in [6.45, 7) is 5.09. The van der Waals surface area contributed by atoms with Crippen molar-refractivity contribution < 1.29 is 27.2 Å². The highest BCUT2D eigenvalue weighted by atomic mass is 32.2. The van der Waals surface area contributed by atoms with Crippen molar-refractivity contribution in [2.45, 2.75) is 39.8 Å². The Morgan fingerprint density at radius 1 is 1.06 bits per heavy atom. The van der Waals surface area contributed by atoms with Crippen LogP contribution in [0.4, 0.5) is 11.4 Å². The van der Waals surface area contributed by atoms with Crippen molar-refractivity contribution >= 4 is 27.4 Å². The molecule has 0 aromatic heterocycles. The third-order valence-corrected chi connectivity index (χ3v) is 5.94. The average Bonchev–Trinajstić information content (AvgIpc) is 2.76. The number of carbonyl (C=O) groups is 1. The molecule has 0 saturated carbocycles. The fourth-order valence-corrected chi connectivity index (χ4v) is 3.36. The van der Waals surface area contributed by atoms with Crippen LogP contribution in [0.2, 0.25) is 0 Å². The van der Waals surface area contributed by atoms with Crippen LogP contribution in [-0.4, -0.2) is 40.9 Å². The fraction of sp³-hybridized carbons (Fsp3) is 0.350. The normalized spacial score (nSPS) is 12.1. The van der Waals surface area contributed by atoms with E-state index in [2.05, 4.69) is 0 Å². The molecule has 2 aromatic carbocycles. The van der Waals surface area contributed by atoms with E-state index in [1.54, 1.807) is 19.1 Å². The zero-order valence-corrected chi connectivity index (χ0v) is 18.6. The lowest BCUT2D eigenvalue weighted by atomic mass is 10.1. The van der Waals surface area contributed by atoms with Gasteiger partial charge < -0.3 is 9.08 Å². The highest BCUT2D eigenvalue weighted by molar-refractivity contribution is 7.87. The minimum atomic E-state index is -3.73. The van der Waals surface area contributed by atoms with Crippen molar-refractivity contribution in [2.75, 3.05) is 5.75 Å². The van der Waals surface area contributed by atoms with Crippen molar-refractivity contribution in [2.24, 2.45) is 0 Å². The molecule has 1 unspecified atom stereocenters. The van der Waals surface area contributed by atoms with Crippen LogP contribution < -0.4 is 4.18 Å². The molecule has 0 radical (unpaired) electrons. The van der Waals surface area contributed by atoms with Crippen molar-refractivity contribution in [1.82, 2.24) is 4.90 Å². The number of rotatable bonds is 10. The SMILES string of the molecule is CCC(C)N(Cc1cccc(OS(=O)(=O)CC)c1)C(=O)c1cc([N+](=O)[O-])cc([N+](=O)[O-])c1. The number of amides is 1. The molecular weight excluding hydrogens is 442 g/mol. The van der Waals surface area contributed by atoms with Crippen molar-refractivity contribution in [3.8, 4) is 5.75 Å². The third-order valence-electron chi connectivity index (χ3n) is 4.78. The molecule has 0 bridgehead atoms. The van der Waals surface area contributed by atoms with Gasteiger partial charge in [0.05, 0.1) is 27.2 Å². The first kappa shape index (κ1) is 24.7. The predicted octanol–water partition coefficient (Wildman–Crippen LogP) is 3.67. The van der Waals surface area contributed by atoms with Crippen LogP contribution in [0.3, 0.4) is 0 Å². The Bertz CT molecular complexity index is 1100. The molecule has 2 rings (SSSR count). The molecular formula is C20H23N3O8S. The number of benzene rings is 2. The van der Waals surface area contributed by atoms with E-state index in [-0.39, 0.29) is 29.7 Å². The highest BCUT2D eigenvalue weighted by Gasteiger charge is 2.26. The number of hydrogen-bond acceptors (Lipinski definition) is 8. The summed E-state index contributed by atoms with van der Waals surface area (Å²) < 4.78 is 28.5. The minimum Gasteiger partial charge on any atom is -0.382 e. The second kappa shape index (κ2) is 10.2. The van der Waals surface area contributed by atoms with E-state index in [0.717, 1.165) is 18.2 Å². The van der Waals surface area contributed by atoms with E-state index >= 15 is 0 Å². The molecule has 2 aromatic rings. The monoisotopic (exact) mass is 465 g/mol. The average molecular weight is 465 g/mol. The fourth-order valence-electron chi connectivity index (χ4n) is 2.84. The van der Waals surface area contributed by atoms with E-state index in [9.17, 15) is 33.4 Å². The molecule has 172 valence electrons. The maximum absolute atomic E-state index is 13.2. The Kier molecular flexibility index (Phi) is 7.87. The molecule has 0 spiro atoms. The first-order valence-corrected chi connectivity index (χ1v) is 11.3. The second-order valence-electron chi connectivity index (χ2n) is 7.02. The number of nitro groups is 2. The van der Waals surface area contributed by atoms with Gasteiger partial charge in [0.1, 0.15) is 5.75 Å². The van der Waals surface area contributed by atoms with Gasteiger partial charge in [0.2, 0.25) is 0 Å². The molecule has 0 saturated heterocycles. The van der Waals surface area contributed by atoms with Gasteiger partial charge >= 0.3 is 10.1 Å². The second-order valence-corrected chi connectivity index (χ2v) is 8.88. The zero-order valence-electron chi connectivity index (χ0n) is 17.8. The predicted molar refractivity (Wildman–Crippen MR) is 116 cm³/mol. The van der Waals surface area contributed by atoms with Crippen LogP contribution in [0.5, 0.6) is 5.75 Å². The Hall–Kier alpha value is -3.54. The molecule has 12 heteroatoms. The van der Waals surface area contributed by atoms with Gasteiger partial charge in [0.15, 0.2) is 0 Å². The van der Waals surface area contributed by atoms with Gasteiger partial charge in [0, 0.05) is 24.7 Å². The summed E-state index contributed by atoms with van der Waals surface area (Å²) in [5.74, 6) is -0.745. The summed E-state index contributed by atoms with van der Waals surface area (Å²) in [5.41, 5.74) is -0.756. The lowest BCUT2D eigenvalue weighted by Gasteiger charge is -2.29. The Morgan fingerprint density at radius 3 is 2.16 bits per heavy atom. The maximum atomic E-state index is 13.2. The lowest BCUT2D eigenvalue weighted by Crippen LogP contribution is -2.37. The van der Waals surface area contributed by atoms with Gasteiger partial charge in [-0.05, 0) is 38.0 Å². The largest absolute Gasteiger partial charge is 0.382 e. The number of carbonyl (C=O) groups excluding carboxylic acids is 1. The maximum Gasteiger partial charge on any atom is 0.308 e. The summed E-state index contributed by atoms with van der Waals surface area (Å²) in [6, 6.07) is 8.67. The van der Waals surface area contributed by atoms with Crippen molar-refractivity contribution in [3.05, 3.63) is 73.8 Å². The molecule has 0 heterocycles. The smallest absolute Gasteiger partial charge is 0.308 e. The molecule has 32 heavy (non-hydrogen) atoms. The lowest BCUT2D eigenvalue weighted by molar-refractivity contribution is -0.394. The highest BCUT2D eigenvalue weighted by Crippen LogP contribution is 2.26. The van der Waals surface area contributed by atoms with E-state index in [1.807, 2.05) is 6.92 Å². The number of hydrogen-bond donors (Lipinski definition) is 0. The van der Waals surface area contributed by atoms with Crippen LogP contribution in [0.1, 0.15) is 43.1 Å². The van der Waals surface area contributed by atoms with E-state index < -0.39 is 37.2 Å². The van der Waals surface area contributed by atoms with Crippen LogP contribution in [-0.2, 0) is 16.7 Å². The van der Waals surface area contributed by atoms with Gasteiger partial charge in [0.25, 0.3) is 17.3 Å². The molecule has 11 nitrogen and oxygen atoms in total. The first-order valence-electron chi connectivity index (χ1n) is 9.73. The van der Waals surface area contributed by atoms with Gasteiger partial charge in [-0.15, -0.1) is 0 Å². The van der Waals surface area contributed by atoms with Gasteiger partial charge in [-0.1, -0.05) is 19.1 Å². The minimum absolute atomic E-state index is 0.0354. The van der Waals surface area contributed by atoms with E-state index in [0.29, 0.717) is 12.0 Å². The van der Waals surface area contributed by atoms with Gasteiger partial charge in [-0.3, -0.25) is 25.0 Å². The molecule has 0 aliphatic carbocycles. The van der Waals surface area contributed by atoms with E-state index in [4.69, 9.17) is 4.18 Å². The van der Waals surface area contributed by atoms with Gasteiger partial charge in [-0.2, -0.15) is 8.42 Å². The Morgan fingerprint density at radius 2 is 1.66 bits per heavy atom. The number of non-ortho nitro benzene ring substituents is 2. The zero-order chi connectivity index (χ0) is 24.1.